The molecule has 3 rings (SSSR count). The first kappa shape index (κ1) is 8.53. The van der Waals surface area contributed by atoms with E-state index in [-0.39, 0.29) is 5.41 Å². The molecule has 1 aliphatic heterocycles. The van der Waals surface area contributed by atoms with Gasteiger partial charge in [-0.2, -0.15) is 0 Å². The molecule has 1 saturated carbocycles. The van der Waals surface area contributed by atoms with Crippen molar-refractivity contribution in [3.63, 3.8) is 0 Å². The number of para-hydroxylation sites is 1. The second-order valence-electron chi connectivity index (χ2n) is 4.14. The summed E-state index contributed by atoms with van der Waals surface area (Å²) in [5, 5.41) is 9.05. The van der Waals surface area contributed by atoms with Gasteiger partial charge < -0.3 is 5.11 Å². The number of carboxylic acid groups (broad SMARTS) is 1. The van der Waals surface area contributed by atoms with E-state index in [9.17, 15) is 4.79 Å². The molecule has 0 unspecified atom stereocenters. The molecule has 3 heteroatoms. The van der Waals surface area contributed by atoms with E-state index in [1.54, 1.807) is 6.20 Å². The molecule has 1 aliphatic carbocycles. The van der Waals surface area contributed by atoms with Gasteiger partial charge in [-0.3, -0.25) is 4.90 Å². The maximum Gasteiger partial charge on any atom is 0.415 e. The largest absolute Gasteiger partial charge is 0.464 e. The van der Waals surface area contributed by atoms with Crippen molar-refractivity contribution < 1.29 is 9.90 Å². The van der Waals surface area contributed by atoms with Crippen LogP contribution in [0.3, 0.4) is 0 Å². The minimum atomic E-state index is -0.922. The molecule has 0 radical (unpaired) electrons. The highest BCUT2D eigenvalue weighted by Crippen LogP contribution is 2.54. The second kappa shape index (κ2) is 2.63. The molecule has 1 aromatic carbocycles. The molecule has 1 heterocycles. The molecule has 1 aromatic rings. The molecule has 0 saturated heterocycles. The normalized spacial score (nSPS) is 20.1. The molecule has 15 heavy (non-hydrogen) atoms. The van der Waals surface area contributed by atoms with E-state index in [0.29, 0.717) is 0 Å². The summed E-state index contributed by atoms with van der Waals surface area (Å²) < 4.78 is 0. The molecule has 1 N–H and O–H groups in total. The van der Waals surface area contributed by atoms with Crippen molar-refractivity contribution >= 4 is 11.8 Å². The highest BCUT2D eigenvalue weighted by atomic mass is 16.4. The lowest BCUT2D eigenvalue weighted by molar-refractivity contribution is 0.204. The number of carbonyl (C=O) groups is 1. The van der Waals surface area contributed by atoms with E-state index in [2.05, 4.69) is 0 Å². The summed E-state index contributed by atoms with van der Waals surface area (Å²) in [5.41, 5.74) is 2.10. The first-order valence-electron chi connectivity index (χ1n) is 5.04. The van der Waals surface area contributed by atoms with Crippen molar-refractivity contribution in [3.05, 3.63) is 42.1 Å². The zero-order valence-corrected chi connectivity index (χ0v) is 8.18. The van der Waals surface area contributed by atoms with Crippen LogP contribution in [0.5, 0.6) is 0 Å². The van der Waals surface area contributed by atoms with E-state index in [4.69, 9.17) is 5.11 Å². The summed E-state index contributed by atoms with van der Waals surface area (Å²) in [6, 6.07) is 7.75. The van der Waals surface area contributed by atoms with E-state index >= 15 is 0 Å². The zero-order chi connectivity index (χ0) is 10.5. The first-order valence-corrected chi connectivity index (χ1v) is 5.04. The van der Waals surface area contributed by atoms with Gasteiger partial charge >= 0.3 is 6.09 Å². The summed E-state index contributed by atoms with van der Waals surface area (Å²) in [7, 11) is 0. The van der Waals surface area contributed by atoms with Crippen molar-refractivity contribution in [1.29, 1.82) is 0 Å². The smallest absolute Gasteiger partial charge is 0.415 e. The number of hydrogen-bond donors (Lipinski definition) is 1. The highest BCUT2D eigenvalue weighted by molar-refractivity contribution is 5.91. The molecule has 0 atom stereocenters. The van der Waals surface area contributed by atoms with Crippen LogP contribution in [0.1, 0.15) is 18.4 Å². The molecular formula is C12H11NO2. The Labute approximate surface area is 87.6 Å². The molecule has 1 spiro atoms. The number of benzene rings is 1. The summed E-state index contributed by atoms with van der Waals surface area (Å²) in [4.78, 5) is 12.3. The van der Waals surface area contributed by atoms with Crippen LogP contribution < -0.4 is 4.90 Å². The minimum absolute atomic E-state index is 0.141. The van der Waals surface area contributed by atoms with Crippen LogP contribution in [-0.2, 0) is 5.41 Å². The maximum absolute atomic E-state index is 11.0. The molecule has 1 amide bonds. The quantitative estimate of drug-likeness (QED) is 0.701. The van der Waals surface area contributed by atoms with Gasteiger partial charge in [-0.25, -0.2) is 4.79 Å². The van der Waals surface area contributed by atoms with Gasteiger partial charge in [0.1, 0.15) is 0 Å². The average molecular weight is 201 g/mol. The third kappa shape index (κ3) is 1.09. The fourth-order valence-electron chi connectivity index (χ4n) is 2.23. The topological polar surface area (TPSA) is 40.5 Å². The Morgan fingerprint density at radius 2 is 2.07 bits per heavy atom. The Bertz CT molecular complexity index is 460. The van der Waals surface area contributed by atoms with Gasteiger partial charge in [-0.05, 0) is 24.5 Å². The summed E-state index contributed by atoms with van der Waals surface area (Å²) in [5.74, 6) is 0. The molecule has 0 bridgehead atoms. The lowest BCUT2D eigenvalue weighted by atomic mass is 9.91. The van der Waals surface area contributed by atoms with Crippen molar-refractivity contribution in [1.82, 2.24) is 0 Å². The Kier molecular flexibility index (Phi) is 1.49. The van der Waals surface area contributed by atoms with Crippen LogP contribution in [0.4, 0.5) is 10.5 Å². The predicted molar refractivity (Wildman–Crippen MR) is 57.0 cm³/mol. The monoisotopic (exact) mass is 201 g/mol. The van der Waals surface area contributed by atoms with Crippen molar-refractivity contribution in [3.8, 4) is 0 Å². The van der Waals surface area contributed by atoms with Crippen LogP contribution in [-0.4, -0.2) is 11.2 Å². The van der Waals surface area contributed by atoms with Gasteiger partial charge in [0, 0.05) is 11.6 Å². The van der Waals surface area contributed by atoms with Gasteiger partial charge in [0.25, 0.3) is 0 Å². The molecule has 2 aliphatic rings. The van der Waals surface area contributed by atoms with Crippen LogP contribution in [0.25, 0.3) is 0 Å². The summed E-state index contributed by atoms with van der Waals surface area (Å²) in [6.07, 6.45) is 5.04. The predicted octanol–water partition coefficient (Wildman–Crippen LogP) is 2.73. The fraction of sp³-hybridized carbons (Fsp3) is 0.250. The van der Waals surface area contributed by atoms with E-state index in [1.807, 2.05) is 30.3 Å². The molecule has 3 nitrogen and oxygen atoms in total. The first-order chi connectivity index (χ1) is 7.23. The highest BCUT2D eigenvalue weighted by Gasteiger charge is 2.46. The Hall–Kier alpha value is -1.77. The van der Waals surface area contributed by atoms with Crippen molar-refractivity contribution in [2.75, 3.05) is 4.90 Å². The molecular weight excluding hydrogens is 190 g/mol. The number of allylic oxidation sites excluding steroid dienone is 1. The third-order valence-electron chi connectivity index (χ3n) is 3.24. The van der Waals surface area contributed by atoms with Gasteiger partial charge in [0.2, 0.25) is 0 Å². The number of fused-ring (bicyclic) bond motifs is 2. The Balaban J connectivity index is 2.17. The van der Waals surface area contributed by atoms with Crippen LogP contribution in [0, 0.1) is 0 Å². The van der Waals surface area contributed by atoms with Crippen LogP contribution >= 0.6 is 0 Å². The number of nitrogens with zero attached hydrogens (tertiary/aromatic N) is 1. The third-order valence-corrected chi connectivity index (χ3v) is 3.24. The lowest BCUT2D eigenvalue weighted by Gasteiger charge is -2.27. The zero-order valence-electron chi connectivity index (χ0n) is 8.18. The van der Waals surface area contributed by atoms with Crippen molar-refractivity contribution in [2.24, 2.45) is 0 Å². The SMILES string of the molecule is O=C(O)N1C=CC2(CC2)c2ccccc21. The summed E-state index contributed by atoms with van der Waals surface area (Å²) >= 11 is 0. The molecule has 76 valence electrons. The van der Waals surface area contributed by atoms with Crippen LogP contribution in [0.15, 0.2) is 36.5 Å². The number of anilines is 1. The van der Waals surface area contributed by atoms with E-state index in [1.165, 1.54) is 4.90 Å². The van der Waals surface area contributed by atoms with E-state index < -0.39 is 6.09 Å². The van der Waals surface area contributed by atoms with Gasteiger partial charge in [0.15, 0.2) is 0 Å². The van der Waals surface area contributed by atoms with Gasteiger partial charge in [-0.1, -0.05) is 24.3 Å². The van der Waals surface area contributed by atoms with E-state index in [0.717, 1.165) is 24.1 Å². The Morgan fingerprint density at radius 1 is 1.33 bits per heavy atom. The number of rotatable bonds is 0. The molecule has 1 fully saturated rings. The Morgan fingerprint density at radius 3 is 2.73 bits per heavy atom. The minimum Gasteiger partial charge on any atom is -0.464 e. The van der Waals surface area contributed by atoms with Gasteiger partial charge in [0.05, 0.1) is 5.69 Å². The standard InChI is InChI=1S/C12H11NO2/c14-11(15)13-8-7-12(5-6-12)9-3-1-2-4-10(9)13/h1-4,7-8H,5-6H2,(H,14,15). The number of hydrogen-bond acceptors (Lipinski definition) is 1. The second-order valence-corrected chi connectivity index (χ2v) is 4.14. The number of amides is 1. The fourth-order valence-corrected chi connectivity index (χ4v) is 2.23. The average Bonchev–Trinajstić information content (AvgIpc) is 2.99. The summed E-state index contributed by atoms with van der Waals surface area (Å²) in [6.45, 7) is 0. The van der Waals surface area contributed by atoms with Crippen molar-refractivity contribution in [2.45, 2.75) is 18.3 Å². The van der Waals surface area contributed by atoms with Crippen LogP contribution in [0.2, 0.25) is 0 Å². The lowest BCUT2D eigenvalue weighted by Crippen LogP contribution is -2.28. The van der Waals surface area contributed by atoms with Gasteiger partial charge in [-0.15, -0.1) is 0 Å². The molecule has 0 aromatic heterocycles. The maximum atomic E-state index is 11.0.